The van der Waals surface area contributed by atoms with E-state index in [0.29, 0.717) is 17.1 Å². The van der Waals surface area contributed by atoms with E-state index in [2.05, 4.69) is 25.2 Å². The third kappa shape index (κ3) is 5.88. The van der Waals surface area contributed by atoms with Gasteiger partial charge in [-0.2, -0.15) is 18.6 Å². The number of nitrogens with one attached hydrogen (secondary N) is 1. The third-order valence-electron chi connectivity index (χ3n) is 4.33. The van der Waals surface area contributed by atoms with Gasteiger partial charge in [0.2, 0.25) is 10.9 Å². The van der Waals surface area contributed by atoms with Crippen LogP contribution in [-0.4, -0.2) is 21.4 Å². The second kappa shape index (κ2) is 9.72. The number of azo groups is 2. The maximum Gasteiger partial charge on any atom is 0.296 e. The highest BCUT2D eigenvalue weighted by Gasteiger charge is 2.22. The van der Waals surface area contributed by atoms with Crippen LogP contribution in [-0.2, 0) is 21.0 Å². The van der Waals surface area contributed by atoms with Gasteiger partial charge in [0.25, 0.3) is 10.1 Å². The Kier molecular flexibility index (Phi) is 7.01. The van der Waals surface area contributed by atoms with Gasteiger partial charge in [0.1, 0.15) is 16.3 Å². The minimum absolute atomic E-state index is 0.109. The standard InChI is InChI=1S/C19H19N7O5S2/c1-11-4-2-3-5-14(11)23-25-19-17(20)15(10-16(18(19)21)33(29,30)31)24-22-12-6-8-13(9-7-12)26-32(27)28/h2-10,32H,20-21H2,1H3,(H,26,27,28)(H,29,30,31)/b24-22+,25-23+. The number of thiol groups is 1. The molecule has 3 aromatic carbocycles. The SMILES string of the molecule is Cc1ccccc1/N=N/c1c(N)c(/N=N/c2ccc(N[SH](=O)=O)cc2)cc(S(=O)(=O)O)c1N. The highest BCUT2D eigenvalue weighted by molar-refractivity contribution is 7.86. The van der Waals surface area contributed by atoms with Gasteiger partial charge in [-0.05, 0) is 48.9 Å². The highest BCUT2D eigenvalue weighted by atomic mass is 32.2. The van der Waals surface area contributed by atoms with E-state index in [4.69, 9.17) is 11.5 Å². The summed E-state index contributed by atoms with van der Waals surface area (Å²) in [6.45, 7) is 1.81. The Morgan fingerprint density at radius 3 is 2.12 bits per heavy atom. The molecule has 3 aromatic rings. The lowest BCUT2D eigenvalue weighted by Crippen LogP contribution is -2.05. The van der Waals surface area contributed by atoms with Crippen LogP contribution in [0.3, 0.4) is 0 Å². The zero-order valence-corrected chi connectivity index (χ0v) is 18.8. The van der Waals surface area contributed by atoms with Crippen LogP contribution in [0, 0.1) is 6.92 Å². The lowest BCUT2D eigenvalue weighted by atomic mass is 10.2. The number of rotatable bonds is 7. The van der Waals surface area contributed by atoms with Gasteiger partial charge in [-0.25, -0.2) is 8.42 Å². The van der Waals surface area contributed by atoms with Crippen LogP contribution in [0.25, 0.3) is 0 Å². The summed E-state index contributed by atoms with van der Waals surface area (Å²) in [5, 5.41) is 16.0. The van der Waals surface area contributed by atoms with E-state index >= 15 is 0 Å². The number of nitrogen functional groups attached to an aromatic ring is 2. The third-order valence-corrected chi connectivity index (χ3v) is 5.67. The average molecular weight is 490 g/mol. The molecule has 0 aliphatic rings. The molecular formula is C19H19N7O5S2. The van der Waals surface area contributed by atoms with Crippen LogP contribution >= 0.6 is 0 Å². The maximum absolute atomic E-state index is 11.8. The number of anilines is 3. The van der Waals surface area contributed by atoms with Crippen molar-refractivity contribution >= 4 is 60.8 Å². The van der Waals surface area contributed by atoms with Crippen molar-refractivity contribution in [3.8, 4) is 0 Å². The minimum Gasteiger partial charge on any atom is -0.396 e. The predicted octanol–water partition coefficient (Wildman–Crippen LogP) is 4.18. The molecule has 172 valence electrons. The summed E-state index contributed by atoms with van der Waals surface area (Å²) < 4.78 is 56.9. The summed E-state index contributed by atoms with van der Waals surface area (Å²) in [6.07, 6.45) is 0. The monoisotopic (exact) mass is 489 g/mol. The molecular weight excluding hydrogens is 470 g/mol. The predicted molar refractivity (Wildman–Crippen MR) is 125 cm³/mol. The van der Waals surface area contributed by atoms with E-state index in [0.717, 1.165) is 11.6 Å². The molecule has 12 nitrogen and oxygen atoms in total. The van der Waals surface area contributed by atoms with Crippen LogP contribution in [0.15, 0.2) is 79.9 Å². The van der Waals surface area contributed by atoms with Gasteiger partial charge < -0.3 is 11.5 Å². The summed E-state index contributed by atoms with van der Waals surface area (Å²) >= 11 is 0. The Labute approximate surface area is 190 Å². The second-order valence-corrected chi connectivity index (χ2v) is 8.77. The molecule has 33 heavy (non-hydrogen) atoms. The number of benzene rings is 3. The van der Waals surface area contributed by atoms with Crippen molar-refractivity contribution in [3.63, 3.8) is 0 Å². The molecule has 0 saturated heterocycles. The first-order chi connectivity index (χ1) is 15.6. The van der Waals surface area contributed by atoms with Gasteiger partial charge in [-0.1, -0.05) is 18.2 Å². The van der Waals surface area contributed by atoms with Gasteiger partial charge >= 0.3 is 0 Å². The van der Waals surface area contributed by atoms with Crippen molar-refractivity contribution in [3.05, 3.63) is 60.2 Å². The van der Waals surface area contributed by atoms with E-state index in [1.54, 1.807) is 12.1 Å². The molecule has 0 spiro atoms. The first-order valence-corrected chi connectivity index (χ1v) is 11.8. The van der Waals surface area contributed by atoms with E-state index < -0.39 is 31.6 Å². The Morgan fingerprint density at radius 2 is 1.52 bits per heavy atom. The molecule has 0 unspecified atom stereocenters. The molecule has 0 radical (unpaired) electrons. The zero-order chi connectivity index (χ0) is 24.2. The summed E-state index contributed by atoms with van der Waals surface area (Å²) in [5.41, 5.74) is 13.1. The molecule has 0 amide bonds. The number of nitrogens with zero attached hydrogens (tertiary/aromatic N) is 4. The number of hydrogen-bond acceptors (Lipinski definition) is 10. The molecule has 0 bridgehead atoms. The number of nitrogens with two attached hydrogens (primary N) is 2. The average Bonchev–Trinajstić information content (AvgIpc) is 2.74. The number of aryl methyl sites for hydroxylation is 1. The molecule has 0 heterocycles. The van der Waals surface area contributed by atoms with Gasteiger partial charge in [0, 0.05) is 5.69 Å². The first kappa shape index (κ1) is 23.8. The lowest BCUT2D eigenvalue weighted by Gasteiger charge is -2.10. The van der Waals surface area contributed by atoms with Gasteiger partial charge in [0.15, 0.2) is 0 Å². The van der Waals surface area contributed by atoms with E-state index in [1.165, 1.54) is 24.3 Å². The van der Waals surface area contributed by atoms with Crippen LogP contribution in [0.4, 0.5) is 39.8 Å². The van der Waals surface area contributed by atoms with Gasteiger partial charge in [-0.15, -0.1) is 10.2 Å². The maximum atomic E-state index is 11.8. The van der Waals surface area contributed by atoms with Crippen LogP contribution in [0.1, 0.15) is 5.56 Å². The van der Waals surface area contributed by atoms with Crippen LogP contribution in [0.2, 0.25) is 0 Å². The molecule has 0 saturated carbocycles. The quantitative estimate of drug-likeness (QED) is 0.142. The fourth-order valence-corrected chi connectivity index (χ4v) is 3.66. The van der Waals surface area contributed by atoms with Crippen LogP contribution in [0.5, 0.6) is 0 Å². The normalized spacial score (nSPS) is 12.1. The van der Waals surface area contributed by atoms with Gasteiger partial charge in [0.05, 0.1) is 22.7 Å². The van der Waals surface area contributed by atoms with E-state index in [9.17, 15) is 21.4 Å². The smallest absolute Gasteiger partial charge is 0.296 e. The topological polar surface area (TPSA) is 202 Å². The molecule has 0 aliphatic heterocycles. The fourth-order valence-electron chi connectivity index (χ4n) is 2.67. The molecule has 0 atom stereocenters. The molecule has 0 fully saturated rings. The Bertz CT molecular complexity index is 1430. The summed E-state index contributed by atoms with van der Waals surface area (Å²) in [7, 11) is -7.55. The first-order valence-electron chi connectivity index (χ1n) is 9.16. The van der Waals surface area contributed by atoms with Crippen molar-refractivity contribution in [2.75, 3.05) is 16.2 Å². The summed E-state index contributed by atoms with van der Waals surface area (Å²) in [6, 6.07) is 13.9. The molecule has 14 heteroatoms. The van der Waals surface area contributed by atoms with E-state index in [-0.39, 0.29) is 17.1 Å². The minimum atomic E-state index is -4.74. The molecule has 3 rings (SSSR count). The van der Waals surface area contributed by atoms with Crippen molar-refractivity contribution in [2.24, 2.45) is 20.5 Å². The van der Waals surface area contributed by atoms with E-state index in [1.807, 2.05) is 19.1 Å². The summed E-state index contributed by atoms with van der Waals surface area (Å²) in [5.74, 6) is 0. The van der Waals surface area contributed by atoms with Crippen molar-refractivity contribution in [1.29, 1.82) is 0 Å². The second-order valence-electron chi connectivity index (χ2n) is 6.65. The zero-order valence-electron chi connectivity index (χ0n) is 17.1. The van der Waals surface area contributed by atoms with Crippen molar-refractivity contribution in [1.82, 2.24) is 0 Å². The largest absolute Gasteiger partial charge is 0.396 e. The van der Waals surface area contributed by atoms with Gasteiger partial charge in [-0.3, -0.25) is 9.27 Å². The lowest BCUT2D eigenvalue weighted by molar-refractivity contribution is 0.483. The number of hydrogen-bond donors (Lipinski definition) is 5. The molecule has 6 N–H and O–H groups in total. The molecule has 0 aromatic heterocycles. The summed E-state index contributed by atoms with van der Waals surface area (Å²) in [4.78, 5) is -0.650. The van der Waals surface area contributed by atoms with Crippen molar-refractivity contribution in [2.45, 2.75) is 11.8 Å². The fraction of sp³-hybridized carbons (Fsp3) is 0.0526. The Morgan fingerprint density at radius 1 is 0.879 bits per heavy atom. The van der Waals surface area contributed by atoms with Crippen LogP contribution < -0.4 is 16.2 Å². The Balaban J connectivity index is 2.05. The highest BCUT2D eigenvalue weighted by Crippen LogP contribution is 2.43. The van der Waals surface area contributed by atoms with Crippen molar-refractivity contribution < 1.29 is 21.4 Å². The molecule has 0 aliphatic carbocycles. The Hall–Kier alpha value is -3.88.